The molecule has 0 aromatic heterocycles. The third kappa shape index (κ3) is 5.30. The Balaban J connectivity index is 1.82. The summed E-state index contributed by atoms with van der Waals surface area (Å²) >= 11 is 4.25. The van der Waals surface area contributed by atoms with Gasteiger partial charge in [0.1, 0.15) is 17.3 Å². The van der Waals surface area contributed by atoms with Gasteiger partial charge in [0.15, 0.2) is 11.1 Å². The lowest BCUT2D eigenvalue weighted by atomic mass is 10.0. The average Bonchev–Trinajstić information content (AvgIpc) is 2.54. The van der Waals surface area contributed by atoms with Gasteiger partial charge in [0, 0.05) is 12.6 Å². The van der Waals surface area contributed by atoms with Crippen molar-refractivity contribution in [2.75, 3.05) is 6.54 Å². The number of thiocarbonyl (C=S) groups is 1. The number of aliphatic imine (C=N–C) groups is 1. The first-order valence-electron chi connectivity index (χ1n) is 7.93. The molecule has 0 spiro atoms. The van der Waals surface area contributed by atoms with Crippen LogP contribution in [0.2, 0.25) is 0 Å². The van der Waals surface area contributed by atoms with E-state index in [9.17, 15) is 13.2 Å². The first-order chi connectivity index (χ1) is 11.7. The van der Waals surface area contributed by atoms with E-state index in [1.807, 2.05) is 19.1 Å². The van der Waals surface area contributed by atoms with Gasteiger partial charge < -0.3 is 21.5 Å². The second kappa shape index (κ2) is 8.01. The SMILES string of the molecule is CC1Oc2ccc(C(N)CCCCNC(=S)C(F)(F)F)cc2N=C1N. The molecule has 0 saturated heterocycles. The van der Waals surface area contributed by atoms with Gasteiger partial charge in [-0.1, -0.05) is 18.3 Å². The van der Waals surface area contributed by atoms with Gasteiger partial charge in [-0.15, -0.1) is 0 Å². The molecule has 2 rings (SSSR count). The quantitative estimate of drug-likeness (QED) is 0.526. The van der Waals surface area contributed by atoms with Crippen LogP contribution in [-0.4, -0.2) is 29.6 Å². The van der Waals surface area contributed by atoms with Crippen LogP contribution in [0, 0.1) is 0 Å². The first-order valence-corrected chi connectivity index (χ1v) is 8.34. The molecule has 1 heterocycles. The minimum atomic E-state index is -4.48. The lowest BCUT2D eigenvalue weighted by Crippen LogP contribution is -2.35. The molecule has 1 aromatic rings. The zero-order valence-electron chi connectivity index (χ0n) is 13.8. The summed E-state index contributed by atoms with van der Waals surface area (Å²) in [6, 6.07) is 5.26. The maximum absolute atomic E-state index is 12.2. The number of halogens is 3. The topological polar surface area (TPSA) is 85.7 Å². The van der Waals surface area contributed by atoms with Crippen molar-refractivity contribution in [2.24, 2.45) is 16.5 Å². The number of hydrogen-bond acceptors (Lipinski definition) is 5. The Morgan fingerprint density at radius 1 is 1.40 bits per heavy atom. The van der Waals surface area contributed by atoms with Crippen molar-refractivity contribution in [1.82, 2.24) is 5.32 Å². The van der Waals surface area contributed by atoms with Crippen molar-refractivity contribution in [3.8, 4) is 5.75 Å². The van der Waals surface area contributed by atoms with Crippen molar-refractivity contribution in [2.45, 2.75) is 44.5 Å². The van der Waals surface area contributed by atoms with Gasteiger partial charge in [0.25, 0.3) is 0 Å². The third-order valence-electron chi connectivity index (χ3n) is 3.87. The Morgan fingerprint density at radius 3 is 2.80 bits per heavy atom. The van der Waals surface area contributed by atoms with Crippen molar-refractivity contribution in [3.63, 3.8) is 0 Å². The molecule has 25 heavy (non-hydrogen) atoms. The number of alkyl halides is 3. The number of nitrogens with two attached hydrogens (primary N) is 2. The summed E-state index contributed by atoms with van der Waals surface area (Å²) in [6.07, 6.45) is -2.89. The largest absolute Gasteiger partial charge is 0.481 e. The van der Waals surface area contributed by atoms with Gasteiger partial charge >= 0.3 is 6.18 Å². The summed E-state index contributed by atoms with van der Waals surface area (Å²) in [4.78, 5) is 3.22. The van der Waals surface area contributed by atoms with Gasteiger partial charge in [0.2, 0.25) is 0 Å². The normalized spacial score (nSPS) is 18.0. The van der Waals surface area contributed by atoms with Gasteiger partial charge in [-0.3, -0.25) is 0 Å². The first kappa shape index (κ1) is 19.5. The molecule has 0 bridgehead atoms. The van der Waals surface area contributed by atoms with E-state index in [0.29, 0.717) is 36.5 Å². The molecule has 0 aliphatic carbocycles. The fourth-order valence-corrected chi connectivity index (χ4v) is 2.49. The molecular formula is C16H21F3N4OS. The number of fused-ring (bicyclic) bond motifs is 1. The van der Waals surface area contributed by atoms with Crippen molar-refractivity contribution in [3.05, 3.63) is 23.8 Å². The highest BCUT2D eigenvalue weighted by atomic mass is 32.1. The van der Waals surface area contributed by atoms with Crippen LogP contribution < -0.4 is 21.5 Å². The smallest absolute Gasteiger partial charge is 0.441 e. The van der Waals surface area contributed by atoms with Crippen LogP contribution in [0.3, 0.4) is 0 Å². The zero-order valence-corrected chi connectivity index (χ0v) is 14.6. The van der Waals surface area contributed by atoms with E-state index in [-0.39, 0.29) is 18.7 Å². The van der Waals surface area contributed by atoms with Gasteiger partial charge in [-0.2, -0.15) is 13.2 Å². The van der Waals surface area contributed by atoms with Crippen LogP contribution in [0.15, 0.2) is 23.2 Å². The predicted molar refractivity (Wildman–Crippen MR) is 95.2 cm³/mol. The molecule has 0 fully saturated rings. The zero-order chi connectivity index (χ0) is 18.6. The number of nitrogens with zero attached hydrogens (tertiary/aromatic N) is 1. The highest BCUT2D eigenvalue weighted by Crippen LogP contribution is 2.34. The number of rotatable bonds is 6. The summed E-state index contributed by atoms with van der Waals surface area (Å²) in [7, 11) is 0. The summed E-state index contributed by atoms with van der Waals surface area (Å²) in [5, 5.41) is 2.20. The van der Waals surface area contributed by atoms with Crippen LogP contribution in [0.5, 0.6) is 5.75 Å². The Morgan fingerprint density at radius 2 is 2.12 bits per heavy atom. The Labute approximate surface area is 149 Å². The minimum Gasteiger partial charge on any atom is -0.481 e. The van der Waals surface area contributed by atoms with Crippen LogP contribution in [-0.2, 0) is 0 Å². The van der Waals surface area contributed by atoms with Gasteiger partial charge in [-0.25, -0.2) is 4.99 Å². The molecule has 2 unspecified atom stereocenters. The van der Waals surface area contributed by atoms with Crippen molar-refractivity contribution >= 4 is 28.7 Å². The molecule has 1 aromatic carbocycles. The fraction of sp³-hybridized carbons (Fsp3) is 0.500. The molecule has 0 radical (unpaired) electrons. The molecule has 1 aliphatic rings. The Bertz CT molecular complexity index is 663. The molecule has 0 saturated carbocycles. The minimum absolute atomic E-state index is 0.168. The maximum atomic E-state index is 12.2. The monoisotopic (exact) mass is 374 g/mol. The standard InChI is InChI=1S/C16H21F3N4OS/c1-9-14(21)23-12-8-10(5-6-13(12)24-9)11(20)4-2-3-7-22-15(25)16(17,18)19/h5-6,8-9,11H,2-4,7,20H2,1H3,(H2,21,23)(H,22,25). The van der Waals surface area contributed by atoms with Crippen LogP contribution in [0.25, 0.3) is 0 Å². The molecule has 5 N–H and O–H groups in total. The van der Waals surface area contributed by atoms with Gasteiger partial charge in [0.05, 0.1) is 0 Å². The number of ether oxygens (including phenoxy) is 1. The van der Waals surface area contributed by atoms with Gasteiger partial charge in [-0.05, 0) is 43.9 Å². The Kier molecular flexibility index (Phi) is 6.23. The van der Waals surface area contributed by atoms with E-state index < -0.39 is 11.2 Å². The average molecular weight is 374 g/mol. The van der Waals surface area contributed by atoms with E-state index in [2.05, 4.69) is 22.5 Å². The van der Waals surface area contributed by atoms with Crippen LogP contribution in [0.1, 0.15) is 37.8 Å². The predicted octanol–water partition coefficient (Wildman–Crippen LogP) is 3.11. The number of unbranched alkanes of at least 4 members (excludes halogenated alkanes) is 1. The van der Waals surface area contributed by atoms with E-state index >= 15 is 0 Å². The molecule has 1 aliphatic heterocycles. The van der Waals surface area contributed by atoms with E-state index in [0.717, 1.165) is 5.56 Å². The second-order valence-corrected chi connectivity index (χ2v) is 6.29. The number of benzene rings is 1. The van der Waals surface area contributed by atoms with E-state index in [1.54, 1.807) is 6.07 Å². The third-order valence-corrected chi connectivity index (χ3v) is 4.24. The molecule has 0 amide bonds. The summed E-state index contributed by atoms with van der Waals surface area (Å²) in [5.74, 6) is 1.06. The lowest BCUT2D eigenvalue weighted by Gasteiger charge is -2.22. The van der Waals surface area contributed by atoms with Crippen molar-refractivity contribution in [1.29, 1.82) is 0 Å². The molecule has 9 heteroatoms. The maximum Gasteiger partial charge on any atom is 0.441 e. The summed E-state index contributed by atoms with van der Waals surface area (Å²) in [5.41, 5.74) is 13.5. The fourth-order valence-electron chi connectivity index (χ4n) is 2.39. The van der Waals surface area contributed by atoms with Crippen LogP contribution >= 0.6 is 12.2 Å². The highest BCUT2D eigenvalue weighted by Gasteiger charge is 2.33. The number of hydrogen-bond donors (Lipinski definition) is 3. The Hall–Kier alpha value is -1.87. The van der Waals surface area contributed by atoms with Crippen LogP contribution in [0.4, 0.5) is 18.9 Å². The lowest BCUT2D eigenvalue weighted by molar-refractivity contribution is -0.0591. The number of nitrogens with one attached hydrogen (secondary N) is 1. The molecular weight excluding hydrogens is 353 g/mol. The summed E-state index contributed by atoms with van der Waals surface area (Å²) in [6.45, 7) is 1.99. The molecule has 5 nitrogen and oxygen atoms in total. The second-order valence-electron chi connectivity index (χ2n) is 5.88. The van der Waals surface area contributed by atoms with Crippen molar-refractivity contribution < 1.29 is 17.9 Å². The van der Waals surface area contributed by atoms with E-state index in [1.165, 1.54) is 0 Å². The highest BCUT2D eigenvalue weighted by molar-refractivity contribution is 7.80. The molecule has 2 atom stereocenters. The number of amidine groups is 1. The summed E-state index contributed by atoms with van der Waals surface area (Å²) < 4.78 is 42.4. The molecule has 138 valence electrons. The van der Waals surface area contributed by atoms with E-state index in [4.69, 9.17) is 16.2 Å².